The van der Waals surface area contributed by atoms with Crippen LogP contribution in [0, 0.1) is 0 Å². The highest BCUT2D eigenvalue weighted by molar-refractivity contribution is 5.78. The number of carbonyl (C=O) groups excluding carboxylic acids is 1. The summed E-state index contributed by atoms with van der Waals surface area (Å²) in [4.78, 5) is 14.3. The van der Waals surface area contributed by atoms with Crippen LogP contribution in [0.2, 0.25) is 0 Å². The van der Waals surface area contributed by atoms with Crippen LogP contribution in [0.25, 0.3) is 0 Å². The lowest BCUT2D eigenvalue weighted by atomic mass is 10.2. The van der Waals surface area contributed by atoms with Gasteiger partial charge in [0.05, 0.1) is 38.2 Å². The maximum Gasteiger partial charge on any atom is 0.234 e. The van der Waals surface area contributed by atoms with Gasteiger partial charge in [0.1, 0.15) is 5.75 Å². The second kappa shape index (κ2) is 7.46. The molecule has 7 nitrogen and oxygen atoms in total. The van der Waals surface area contributed by atoms with Crippen molar-refractivity contribution in [3.8, 4) is 5.75 Å². The predicted molar refractivity (Wildman–Crippen MR) is 88.3 cm³/mol. The quantitative estimate of drug-likeness (QED) is 0.807. The van der Waals surface area contributed by atoms with Crippen LogP contribution in [0.15, 0.2) is 30.3 Å². The van der Waals surface area contributed by atoms with E-state index >= 15 is 0 Å². The molecule has 0 radical (unpaired) electrons. The molecule has 2 N–H and O–H groups in total. The molecular formula is C17H22N4O3. The lowest BCUT2D eigenvalue weighted by Gasteiger charge is -2.26. The smallest absolute Gasteiger partial charge is 0.234 e. The zero-order valence-electron chi connectivity index (χ0n) is 13.7. The van der Waals surface area contributed by atoms with Gasteiger partial charge in [-0.05, 0) is 12.1 Å². The Kier molecular flexibility index (Phi) is 5.12. The Labute approximate surface area is 140 Å². The molecule has 0 atom stereocenters. The lowest BCUT2D eigenvalue weighted by Crippen LogP contribution is -2.41. The van der Waals surface area contributed by atoms with Crippen molar-refractivity contribution in [1.29, 1.82) is 0 Å². The van der Waals surface area contributed by atoms with Crippen LogP contribution < -0.4 is 10.1 Å². The molecule has 2 aromatic rings. The topological polar surface area (TPSA) is 79.6 Å². The number of fused-ring (bicyclic) bond motifs is 1. The molecule has 1 aliphatic heterocycles. The Morgan fingerprint density at radius 1 is 1.38 bits per heavy atom. The molecule has 1 aliphatic rings. The first-order valence-corrected chi connectivity index (χ1v) is 7.97. The van der Waals surface area contributed by atoms with E-state index in [4.69, 9.17) is 9.84 Å². The Balaban J connectivity index is 1.52. The minimum Gasteiger partial charge on any atom is -0.496 e. The SMILES string of the molecule is COc1ccccc1CNC(=O)CN1CCn2nc(CO)cc2C1. The number of aliphatic hydroxyl groups is 1. The van der Waals surface area contributed by atoms with Crippen LogP contribution in [0.1, 0.15) is 17.0 Å². The number of nitrogens with zero attached hydrogens (tertiary/aromatic N) is 3. The number of rotatable bonds is 6. The van der Waals surface area contributed by atoms with E-state index in [0.29, 0.717) is 25.3 Å². The van der Waals surface area contributed by atoms with Gasteiger partial charge in [0.2, 0.25) is 5.91 Å². The third-order valence-corrected chi connectivity index (χ3v) is 4.13. The van der Waals surface area contributed by atoms with E-state index in [1.807, 2.05) is 35.0 Å². The van der Waals surface area contributed by atoms with Crippen LogP contribution in [-0.2, 0) is 31.0 Å². The van der Waals surface area contributed by atoms with Gasteiger partial charge in [-0.3, -0.25) is 14.4 Å². The molecular weight excluding hydrogens is 308 g/mol. The molecule has 0 unspecified atom stereocenters. The summed E-state index contributed by atoms with van der Waals surface area (Å²) >= 11 is 0. The van der Waals surface area contributed by atoms with Crippen molar-refractivity contribution in [3.05, 3.63) is 47.3 Å². The number of hydrogen-bond acceptors (Lipinski definition) is 5. The molecule has 0 bridgehead atoms. The molecule has 0 fully saturated rings. The number of nitrogens with one attached hydrogen (secondary N) is 1. The van der Waals surface area contributed by atoms with E-state index in [9.17, 15) is 4.79 Å². The normalized spacial score (nSPS) is 14.2. The monoisotopic (exact) mass is 330 g/mol. The van der Waals surface area contributed by atoms with Gasteiger partial charge in [0, 0.05) is 25.2 Å². The van der Waals surface area contributed by atoms with Gasteiger partial charge in [-0.25, -0.2) is 0 Å². The van der Waals surface area contributed by atoms with Gasteiger partial charge in [-0.2, -0.15) is 5.10 Å². The van der Waals surface area contributed by atoms with E-state index < -0.39 is 0 Å². The number of carbonyl (C=O) groups is 1. The molecule has 24 heavy (non-hydrogen) atoms. The summed E-state index contributed by atoms with van der Waals surface area (Å²) in [6.07, 6.45) is 0. The molecule has 128 valence electrons. The Morgan fingerprint density at radius 3 is 3.00 bits per heavy atom. The largest absolute Gasteiger partial charge is 0.496 e. The summed E-state index contributed by atoms with van der Waals surface area (Å²) in [7, 11) is 1.62. The fourth-order valence-corrected chi connectivity index (χ4v) is 2.89. The van der Waals surface area contributed by atoms with E-state index in [1.165, 1.54) is 0 Å². The number of methoxy groups -OCH3 is 1. The average Bonchev–Trinajstić information content (AvgIpc) is 3.02. The van der Waals surface area contributed by atoms with Gasteiger partial charge in [-0.1, -0.05) is 18.2 Å². The zero-order chi connectivity index (χ0) is 16.9. The minimum absolute atomic E-state index is 0.0174. The van der Waals surface area contributed by atoms with Crippen LogP contribution in [0.3, 0.4) is 0 Å². The Hall–Kier alpha value is -2.38. The van der Waals surface area contributed by atoms with Gasteiger partial charge in [-0.15, -0.1) is 0 Å². The van der Waals surface area contributed by atoms with Crippen LogP contribution >= 0.6 is 0 Å². The fourth-order valence-electron chi connectivity index (χ4n) is 2.89. The molecule has 1 aromatic heterocycles. The van der Waals surface area contributed by atoms with Gasteiger partial charge in [0.15, 0.2) is 0 Å². The standard InChI is InChI=1S/C17H22N4O3/c1-24-16-5-3-2-4-13(16)9-18-17(23)11-20-6-7-21-15(10-20)8-14(12-22)19-21/h2-5,8,22H,6-7,9-12H2,1H3,(H,18,23). The number of aliphatic hydroxyl groups excluding tert-OH is 1. The minimum atomic E-state index is -0.0562. The molecule has 1 amide bonds. The second-order valence-corrected chi connectivity index (χ2v) is 5.81. The summed E-state index contributed by atoms with van der Waals surface area (Å²) in [6.45, 7) is 2.89. The summed E-state index contributed by atoms with van der Waals surface area (Å²) in [6, 6.07) is 9.54. The Morgan fingerprint density at radius 2 is 2.21 bits per heavy atom. The van der Waals surface area contributed by atoms with E-state index in [-0.39, 0.29) is 12.5 Å². The first-order chi connectivity index (χ1) is 11.7. The summed E-state index contributed by atoms with van der Waals surface area (Å²) < 4.78 is 7.19. The molecule has 2 heterocycles. The number of aromatic nitrogens is 2. The van der Waals surface area contributed by atoms with Crippen LogP contribution in [0.5, 0.6) is 5.75 Å². The molecule has 0 aliphatic carbocycles. The van der Waals surface area contributed by atoms with Gasteiger partial charge in [0.25, 0.3) is 0 Å². The summed E-state index contributed by atoms with van der Waals surface area (Å²) in [5, 5.41) is 16.4. The Bertz CT molecular complexity index is 714. The summed E-state index contributed by atoms with van der Waals surface area (Å²) in [5.74, 6) is 0.757. The van der Waals surface area contributed by atoms with Crippen LogP contribution in [-0.4, -0.2) is 45.9 Å². The highest BCUT2D eigenvalue weighted by Crippen LogP contribution is 2.17. The molecule has 0 spiro atoms. The fraction of sp³-hybridized carbons (Fsp3) is 0.412. The highest BCUT2D eigenvalue weighted by Gasteiger charge is 2.20. The third kappa shape index (κ3) is 3.74. The number of para-hydroxylation sites is 1. The van der Waals surface area contributed by atoms with Gasteiger partial charge < -0.3 is 15.2 Å². The van der Waals surface area contributed by atoms with Crippen molar-refractivity contribution in [2.24, 2.45) is 0 Å². The molecule has 3 rings (SSSR count). The number of hydrogen-bond donors (Lipinski definition) is 2. The highest BCUT2D eigenvalue weighted by atomic mass is 16.5. The van der Waals surface area contributed by atoms with E-state index in [0.717, 1.165) is 30.1 Å². The first-order valence-electron chi connectivity index (χ1n) is 7.97. The maximum absolute atomic E-state index is 12.2. The number of benzene rings is 1. The molecule has 0 saturated carbocycles. The summed E-state index contributed by atoms with van der Waals surface area (Å²) in [5.41, 5.74) is 2.66. The second-order valence-electron chi connectivity index (χ2n) is 5.81. The lowest BCUT2D eigenvalue weighted by molar-refractivity contribution is -0.122. The van der Waals surface area contributed by atoms with Crippen molar-refractivity contribution in [2.45, 2.75) is 26.2 Å². The zero-order valence-corrected chi connectivity index (χ0v) is 13.7. The number of amides is 1. The average molecular weight is 330 g/mol. The molecule has 7 heteroatoms. The van der Waals surface area contributed by atoms with Crippen molar-refractivity contribution < 1.29 is 14.6 Å². The van der Waals surface area contributed by atoms with Crippen molar-refractivity contribution >= 4 is 5.91 Å². The first kappa shape index (κ1) is 16.5. The van der Waals surface area contributed by atoms with Crippen molar-refractivity contribution in [2.75, 3.05) is 20.2 Å². The van der Waals surface area contributed by atoms with E-state index in [1.54, 1.807) is 7.11 Å². The third-order valence-electron chi connectivity index (χ3n) is 4.13. The van der Waals surface area contributed by atoms with E-state index in [2.05, 4.69) is 15.3 Å². The van der Waals surface area contributed by atoms with Crippen LogP contribution in [0.4, 0.5) is 0 Å². The number of ether oxygens (including phenoxy) is 1. The van der Waals surface area contributed by atoms with Gasteiger partial charge >= 0.3 is 0 Å². The molecule has 0 saturated heterocycles. The maximum atomic E-state index is 12.2. The predicted octanol–water partition coefficient (Wildman–Crippen LogP) is 0.516. The van der Waals surface area contributed by atoms with Crippen molar-refractivity contribution in [1.82, 2.24) is 20.0 Å². The molecule has 1 aromatic carbocycles. The van der Waals surface area contributed by atoms with Crippen molar-refractivity contribution in [3.63, 3.8) is 0 Å².